The summed E-state index contributed by atoms with van der Waals surface area (Å²) in [5, 5.41) is 9.85. The summed E-state index contributed by atoms with van der Waals surface area (Å²) in [7, 11) is 1.66. The van der Waals surface area contributed by atoms with Crippen LogP contribution in [-0.2, 0) is 9.53 Å². The van der Waals surface area contributed by atoms with Crippen molar-refractivity contribution in [1.29, 1.82) is 0 Å². The van der Waals surface area contributed by atoms with E-state index >= 15 is 0 Å². The van der Waals surface area contributed by atoms with E-state index in [1.54, 1.807) is 7.11 Å². The van der Waals surface area contributed by atoms with Gasteiger partial charge in [-0.3, -0.25) is 4.79 Å². The Morgan fingerprint density at radius 3 is 2.68 bits per heavy atom. The lowest BCUT2D eigenvalue weighted by molar-refractivity contribution is -0.138. The molecule has 1 atom stereocenters. The minimum Gasteiger partial charge on any atom is -0.483 e. The average Bonchev–Trinajstić information content (AvgIpc) is 2.63. The highest BCUT2D eigenvalue weighted by atomic mass is 16.5. The first kappa shape index (κ1) is 19.7. The van der Waals surface area contributed by atoms with Crippen LogP contribution in [-0.4, -0.2) is 55.9 Å². The zero-order valence-electron chi connectivity index (χ0n) is 15.9. The molecule has 1 amide bonds. The zero-order valence-corrected chi connectivity index (χ0v) is 15.9. The van der Waals surface area contributed by atoms with E-state index in [1.807, 2.05) is 31.7 Å². The Bertz CT molecular complexity index is 602. The third kappa shape index (κ3) is 4.73. The molecule has 0 spiro atoms. The van der Waals surface area contributed by atoms with E-state index in [2.05, 4.69) is 6.07 Å². The molecule has 0 aromatic heterocycles. The van der Waals surface area contributed by atoms with Crippen LogP contribution in [0.2, 0.25) is 0 Å². The van der Waals surface area contributed by atoms with Crippen molar-refractivity contribution in [2.45, 2.75) is 40.0 Å². The van der Waals surface area contributed by atoms with E-state index in [0.29, 0.717) is 13.2 Å². The Balaban J connectivity index is 2.00. The van der Waals surface area contributed by atoms with Gasteiger partial charge in [0.25, 0.3) is 5.91 Å². The first-order chi connectivity index (χ1) is 11.9. The molecule has 0 aliphatic carbocycles. The van der Waals surface area contributed by atoms with E-state index in [0.717, 1.165) is 48.2 Å². The molecule has 1 heterocycles. The third-order valence-electron chi connectivity index (χ3n) is 5.40. The normalized spacial score (nSPS) is 20.6. The van der Waals surface area contributed by atoms with Crippen LogP contribution in [0, 0.1) is 26.2 Å². The summed E-state index contributed by atoms with van der Waals surface area (Å²) in [5.41, 5.74) is 3.03. The summed E-state index contributed by atoms with van der Waals surface area (Å²) in [6.07, 6.45) is 2.59. The molecule has 140 valence electrons. The Morgan fingerprint density at radius 1 is 1.28 bits per heavy atom. The Hall–Kier alpha value is -1.59. The van der Waals surface area contributed by atoms with Gasteiger partial charge in [0.15, 0.2) is 6.61 Å². The van der Waals surface area contributed by atoms with Crippen LogP contribution in [0.3, 0.4) is 0 Å². The van der Waals surface area contributed by atoms with Crippen molar-refractivity contribution < 1.29 is 19.4 Å². The molecule has 25 heavy (non-hydrogen) atoms. The maximum atomic E-state index is 12.6. The van der Waals surface area contributed by atoms with Gasteiger partial charge in [-0.2, -0.15) is 0 Å². The van der Waals surface area contributed by atoms with Gasteiger partial charge in [-0.15, -0.1) is 0 Å². The number of carbonyl (C=O) groups excluding carboxylic acids is 1. The number of piperidine rings is 1. The molecule has 1 aliphatic rings. The maximum Gasteiger partial charge on any atom is 0.260 e. The monoisotopic (exact) mass is 349 g/mol. The average molecular weight is 349 g/mol. The minimum atomic E-state index is -0.251. The molecule has 2 rings (SSSR count). The maximum absolute atomic E-state index is 12.6. The van der Waals surface area contributed by atoms with Crippen molar-refractivity contribution in [3.63, 3.8) is 0 Å². The number of aliphatic hydroxyl groups is 1. The Labute approximate surface area is 150 Å². The van der Waals surface area contributed by atoms with Crippen LogP contribution < -0.4 is 4.74 Å². The van der Waals surface area contributed by atoms with Crippen molar-refractivity contribution >= 4 is 5.91 Å². The van der Waals surface area contributed by atoms with E-state index in [9.17, 15) is 9.90 Å². The van der Waals surface area contributed by atoms with E-state index in [-0.39, 0.29) is 24.5 Å². The highest BCUT2D eigenvalue weighted by molar-refractivity contribution is 5.78. The third-order valence-corrected chi connectivity index (χ3v) is 5.40. The lowest BCUT2D eigenvalue weighted by Gasteiger charge is -2.41. The molecule has 0 radical (unpaired) electrons. The molecule has 1 saturated heterocycles. The molecular formula is C20H31NO4. The van der Waals surface area contributed by atoms with Crippen LogP contribution in [0.15, 0.2) is 12.1 Å². The summed E-state index contributed by atoms with van der Waals surface area (Å²) in [6.45, 7) is 8.07. The number of rotatable bonds is 7. The van der Waals surface area contributed by atoms with E-state index < -0.39 is 0 Å². The number of carbonyl (C=O) groups is 1. The van der Waals surface area contributed by atoms with Crippen LogP contribution in [0.5, 0.6) is 5.75 Å². The van der Waals surface area contributed by atoms with E-state index in [4.69, 9.17) is 9.47 Å². The molecule has 1 aromatic carbocycles. The summed E-state index contributed by atoms with van der Waals surface area (Å²) < 4.78 is 11.0. The zero-order chi connectivity index (χ0) is 18.4. The van der Waals surface area contributed by atoms with Gasteiger partial charge in [0, 0.05) is 32.2 Å². The number of likely N-dealkylation sites (tertiary alicyclic amines) is 1. The van der Waals surface area contributed by atoms with Crippen molar-refractivity contribution in [2.75, 3.05) is 40.0 Å². The molecule has 5 heteroatoms. The number of amides is 1. The smallest absolute Gasteiger partial charge is 0.260 e. The molecule has 1 aliphatic heterocycles. The summed E-state index contributed by atoms with van der Waals surface area (Å²) in [6, 6.07) is 4.08. The topological polar surface area (TPSA) is 59.0 Å². The quantitative estimate of drug-likeness (QED) is 0.822. The summed E-state index contributed by atoms with van der Waals surface area (Å²) in [4.78, 5) is 14.5. The molecule has 1 aromatic rings. The van der Waals surface area contributed by atoms with Crippen molar-refractivity contribution in [3.8, 4) is 5.75 Å². The first-order valence-electron chi connectivity index (χ1n) is 8.99. The second kappa shape index (κ2) is 8.68. The van der Waals surface area contributed by atoms with Crippen molar-refractivity contribution in [2.24, 2.45) is 5.41 Å². The molecule has 1 fully saturated rings. The number of methoxy groups -OCH3 is 1. The summed E-state index contributed by atoms with van der Waals surface area (Å²) in [5.74, 6) is 0.786. The highest BCUT2D eigenvalue weighted by Gasteiger charge is 2.36. The Kier molecular flexibility index (Phi) is 6.85. The number of benzene rings is 1. The van der Waals surface area contributed by atoms with Gasteiger partial charge in [-0.25, -0.2) is 0 Å². The van der Waals surface area contributed by atoms with Crippen LogP contribution in [0.1, 0.15) is 36.0 Å². The number of ether oxygens (including phenoxy) is 2. The van der Waals surface area contributed by atoms with Crippen LogP contribution in [0.4, 0.5) is 0 Å². The molecule has 0 bridgehead atoms. The van der Waals surface area contributed by atoms with Crippen molar-refractivity contribution in [1.82, 2.24) is 4.90 Å². The second-order valence-electron chi connectivity index (χ2n) is 7.26. The molecule has 1 unspecified atom stereocenters. The van der Waals surface area contributed by atoms with Gasteiger partial charge in [0.2, 0.25) is 0 Å². The highest BCUT2D eigenvalue weighted by Crippen LogP contribution is 2.33. The SMILES string of the molecule is COCCC1(CO)CCCN(C(=O)COc2c(C)ccc(C)c2C)C1. The predicted molar refractivity (Wildman–Crippen MR) is 98.0 cm³/mol. The lowest BCUT2D eigenvalue weighted by atomic mass is 9.78. The first-order valence-corrected chi connectivity index (χ1v) is 8.99. The second-order valence-corrected chi connectivity index (χ2v) is 7.26. The van der Waals surface area contributed by atoms with Crippen LogP contribution in [0.25, 0.3) is 0 Å². The number of aliphatic hydroxyl groups excluding tert-OH is 1. The van der Waals surface area contributed by atoms with Gasteiger partial charge in [-0.1, -0.05) is 12.1 Å². The van der Waals surface area contributed by atoms with Crippen LogP contribution >= 0.6 is 0 Å². The van der Waals surface area contributed by atoms with Crippen molar-refractivity contribution in [3.05, 3.63) is 28.8 Å². The number of hydrogen-bond acceptors (Lipinski definition) is 4. The lowest BCUT2D eigenvalue weighted by Crippen LogP contribution is -2.49. The van der Waals surface area contributed by atoms with Gasteiger partial charge in [-0.05, 0) is 56.7 Å². The van der Waals surface area contributed by atoms with Gasteiger partial charge >= 0.3 is 0 Å². The standard InChI is InChI=1S/C20H31NO4/c1-15-6-7-16(2)19(17(15)3)25-12-18(23)21-10-5-8-20(13-21,14-22)9-11-24-4/h6-7,22H,5,8-14H2,1-4H3. The fraction of sp³-hybridized carbons (Fsp3) is 0.650. The number of aryl methyl sites for hydroxylation is 2. The molecule has 1 N–H and O–H groups in total. The number of nitrogens with zero attached hydrogens (tertiary/aromatic N) is 1. The van der Waals surface area contributed by atoms with E-state index in [1.165, 1.54) is 0 Å². The largest absolute Gasteiger partial charge is 0.483 e. The Morgan fingerprint density at radius 2 is 2.00 bits per heavy atom. The number of hydrogen-bond donors (Lipinski definition) is 1. The summed E-state index contributed by atoms with van der Waals surface area (Å²) >= 11 is 0. The minimum absolute atomic E-state index is 0.0183. The fourth-order valence-electron chi connectivity index (χ4n) is 3.52. The van der Waals surface area contributed by atoms with Gasteiger partial charge < -0.3 is 19.5 Å². The van der Waals surface area contributed by atoms with Gasteiger partial charge in [0.1, 0.15) is 5.75 Å². The molecule has 5 nitrogen and oxygen atoms in total. The predicted octanol–water partition coefficient (Wildman–Crippen LogP) is 2.63. The van der Waals surface area contributed by atoms with Gasteiger partial charge in [0.05, 0.1) is 6.61 Å². The molecule has 0 saturated carbocycles. The molecular weight excluding hydrogens is 318 g/mol. The fourth-order valence-corrected chi connectivity index (χ4v) is 3.52.